The number of ether oxygens (including phenoxy) is 1. The molecule has 0 aliphatic carbocycles. The van der Waals surface area contributed by atoms with E-state index in [2.05, 4.69) is 4.74 Å². The molecular weight excluding hydrogens is 206 g/mol. The van der Waals surface area contributed by atoms with Crippen LogP contribution in [0, 0.1) is 0 Å². The molecule has 0 saturated carbocycles. The molecule has 1 aromatic carbocycles. The van der Waals surface area contributed by atoms with E-state index in [1.54, 1.807) is 12.1 Å². The van der Waals surface area contributed by atoms with Gasteiger partial charge in [0.15, 0.2) is 0 Å². The first kappa shape index (κ1) is 10.7. The van der Waals surface area contributed by atoms with Crippen molar-refractivity contribution >= 4 is 17.9 Å². The van der Waals surface area contributed by atoms with Gasteiger partial charge in [0.1, 0.15) is 6.29 Å². The predicted molar refractivity (Wildman–Crippen MR) is 59.8 cm³/mol. The minimum Gasteiger partial charge on any atom is -0.465 e. The van der Waals surface area contributed by atoms with Gasteiger partial charge in [-0.25, -0.2) is 4.79 Å². The fourth-order valence-corrected chi connectivity index (χ4v) is 1.97. The number of fused-ring (bicyclic) bond motifs is 1. The Kier molecular flexibility index (Phi) is 2.90. The maximum absolute atomic E-state index is 11.4. The summed E-state index contributed by atoms with van der Waals surface area (Å²) in [5, 5.41) is 0. The second-order valence-corrected chi connectivity index (χ2v) is 3.70. The number of hydrogen-bond donors (Lipinski definition) is 0. The molecule has 0 N–H and O–H groups in total. The number of carbonyl (C=O) groups excluding carboxylic acids is 2. The third-order valence-electron chi connectivity index (χ3n) is 2.79. The second kappa shape index (κ2) is 4.35. The van der Waals surface area contributed by atoms with Crippen molar-refractivity contribution in [3.05, 3.63) is 29.3 Å². The second-order valence-electron chi connectivity index (χ2n) is 3.70. The van der Waals surface area contributed by atoms with E-state index >= 15 is 0 Å². The molecule has 0 aromatic heterocycles. The lowest BCUT2D eigenvalue weighted by molar-refractivity contribution is -0.106. The van der Waals surface area contributed by atoms with Crippen LogP contribution in [0.1, 0.15) is 15.9 Å². The summed E-state index contributed by atoms with van der Waals surface area (Å²) >= 11 is 0. The molecule has 0 spiro atoms. The van der Waals surface area contributed by atoms with Gasteiger partial charge in [-0.05, 0) is 24.1 Å². The monoisotopic (exact) mass is 219 g/mol. The van der Waals surface area contributed by atoms with Crippen molar-refractivity contribution in [3.8, 4) is 0 Å². The highest BCUT2D eigenvalue weighted by Crippen LogP contribution is 2.28. The molecule has 0 bridgehead atoms. The summed E-state index contributed by atoms with van der Waals surface area (Å²) in [4.78, 5) is 23.8. The van der Waals surface area contributed by atoms with Gasteiger partial charge >= 0.3 is 5.97 Å². The van der Waals surface area contributed by atoms with Crippen LogP contribution in [0.4, 0.5) is 5.69 Å². The molecule has 0 saturated heterocycles. The topological polar surface area (TPSA) is 46.6 Å². The van der Waals surface area contributed by atoms with Crippen LogP contribution in [0.5, 0.6) is 0 Å². The van der Waals surface area contributed by atoms with Gasteiger partial charge in [-0.15, -0.1) is 0 Å². The smallest absolute Gasteiger partial charge is 0.337 e. The lowest BCUT2D eigenvalue weighted by Gasteiger charge is -2.16. The summed E-state index contributed by atoms with van der Waals surface area (Å²) < 4.78 is 4.66. The minimum atomic E-state index is -0.347. The van der Waals surface area contributed by atoms with Crippen molar-refractivity contribution in [2.45, 2.75) is 6.42 Å². The predicted octanol–water partition coefficient (Wildman–Crippen LogP) is 1.03. The summed E-state index contributed by atoms with van der Waals surface area (Å²) in [5.41, 5.74) is 2.67. The fourth-order valence-electron chi connectivity index (χ4n) is 1.97. The number of aldehydes is 1. The largest absolute Gasteiger partial charge is 0.465 e. The third kappa shape index (κ3) is 1.78. The number of carbonyl (C=O) groups is 2. The normalized spacial score (nSPS) is 13.4. The van der Waals surface area contributed by atoms with Gasteiger partial charge in [-0.2, -0.15) is 0 Å². The Hall–Kier alpha value is -1.84. The number of nitrogens with zero attached hydrogens (tertiary/aromatic N) is 1. The van der Waals surface area contributed by atoms with Crippen molar-refractivity contribution in [2.75, 3.05) is 25.1 Å². The summed E-state index contributed by atoms with van der Waals surface area (Å²) in [6.07, 6.45) is 1.80. The molecule has 0 radical (unpaired) electrons. The van der Waals surface area contributed by atoms with Crippen LogP contribution in [0.15, 0.2) is 18.2 Å². The first-order valence-electron chi connectivity index (χ1n) is 5.16. The van der Waals surface area contributed by atoms with Crippen molar-refractivity contribution in [3.63, 3.8) is 0 Å². The van der Waals surface area contributed by atoms with Crippen LogP contribution < -0.4 is 4.90 Å². The Morgan fingerprint density at radius 1 is 1.56 bits per heavy atom. The number of anilines is 1. The van der Waals surface area contributed by atoms with E-state index in [-0.39, 0.29) is 5.97 Å². The third-order valence-corrected chi connectivity index (χ3v) is 2.79. The van der Waals surface area contributed by atoms with Crippen LogP contribution in [0.25, 0.3) is 0 Å². The number of hydrogen-bond acceptors (Lipinski definition) is 4. The van der Waals surface area contributed by atoms with Crippen molar-refractivity contribution in [1.82, 2.24) is 0 Å². The first-order chi connectivity index (χ1) is 7.76. The first-order valence-corrected chi connectivity index (χ1v) is 5.16. The van der Waals surface area contributed by atoms with Gasteiger partial charge in [0.25, 0.3) is 0 Å². The van der Waals surface area contributed by atoms with Crippen LogP contribution >= 0.6 is 0 Å². The number of esters is 1. The molecule has 2 rings (SSSR count). The van der Waals surface area contributed by atoms with Crippen LogP contribution in [-0.4, -0.2) is 32.5 Å². The van der Waals surface area contributed by atoms with E-state index in [0.717, 1.165) is 24.9 Å². The highest BCUT2D eigenvalue weighted by Gasteiger charge is 2.20. The Balaban J connectivity index is 2.33. The molecule has 1 aromatic rings. The van der Waals surface area contributed by atoms with E-state index in [4.69, 9.17) is 0 Å². The fraction of sp³-hybridized carbons (Fsp3) is 0.333. The molecule has 4 heteroatoms. The molecule has 1 aliphatic heterocycles. The molecule has 0 fully saturated rings. The van der Waals surface area contributed by atoms with Crippen LogP contribution in [0.3, 0.4) is 0 Å². The van der Waals surface area contributed by atoms with Gasteiger partial charge < -0.3 is 14.4 Å². The number of rotatable bonds is 3. The Morgan fingerprint density at radius 3 is 3.06 bits per heavy atom. The average molecular weight is 219 g/mol. The quantitative estimate of drug-likeness (QED) is 0.563. The van der Waals surface area contributed by atoms with Gasteiger partial charge in [0, 0.05) is 12.2 Å². The van der Waals surface area contributed by atoms with Crippen molar-refractivity contribution in [1.29, 1.82) is 0 Å². The van der Waals surface area contributed by atoms with Crippen molar-refractivity contribution in [2.24, 2.45) is 0 Å². The van der Waals surface area contributed by atoms with Crippen molar-refractivity contribution < 1.29 is 14.3 Å². The highest BCUT2D eigenvalue weighted by atomic mass is 16.5. The molecule has 1 heterocycles. The molecule has 0 unspecified atom stereocenters. The van der Waals surface area contributed by atoms with Gasteiger partial charge in [0.2, 0.25) is 0 Å². The summed E-state index contributed by atoms with van der Waals surface area (Å²) in [7, 11) is 1.36. The zero-order valence-electron chi connectivity index (χ0n) is 9.10. The van der Waals surface area contributed by atoms with E-state index in [0.29, 0.717) is 12.1 Å². The standard InChI is InChI=1S/C12H13NO3/c1-16-12(15)10-3-2-9-4-5-13(6-7-14)11(9)8-10/h2-3,7-8H,4-6H2,1H3. The summed E-state index contributed by atoms with van der Waals surface area (Å²) in [6.45, 7) is 1.20. The van der Waals surface area contributed by atoms with E-state index in [1.807, 2.05) is 11.0 Å². The molecule has 1 aliphatic rings. The lowest BCUT2D eigenvalue weighted by Crippen LogP contribution is -2.22. The Morgan fingerprint density at radius 2 is 2.38 bits per heavy atom. The average Bonchev–Trinajstić information content (AvgIpc) is 2.71. The molecule has 16 heavy (non-hydrogen) atoms. The van der Waals surface area contributed by atoms with Gasteiger partial charge in [-0.3, -0.25) is 0 Å². The van der Waals surface area contributed by atoms with E-state index in [9.17, 15) is 9.59 Å². The lowest BCUT2D eigenvalue weighted by atomic mass is 10.1. The SMILES string of the molecule is COC(=O)c1ccc2c(c1)N(CC=O)CC2. The van der Waals surface area contributed by atoms with Gasteiger partial charge in [-0.1, -0.05) is 6.07 Å². The van der Waals surface area contributed by atoms with Gasteiger partial charge in [0.05, 0.1) is 19.2 Å². The zero-order valence-corrected chi connectivity index (χ0v) is 9.10. The molecule has 0 amide bonds. The summed E-state index contributed by atoms with van der Waals surface area (Å²) in [6, 6.07) is 5.47. The Labute approximate surface area is 93.8 Å². The molecular formula is C12H13NO3. The van der Waals surface area contributed by atoms with E-state index in [1.165, 1.54) is 12.7 Å². The maximum atomic E-state index is 11.4. The molecule has 0 atom stereocenters. The van der Waals surface area contributed by atoms with E-state index < -0.39 is 0 Å². The Bertz CT molecular complexity index is 428. The minimum absolute atomic E-state index is 0.347. The molecule has 4 nitrogen and oxygen atoms in total. The maximum Gasteiger partial charge on any atom is 0.337 e. The number of benzene rings is 1. The highest BCUT2D eigenvalue weighted by molar-refractivity contribution is 5.91. The number of methoxy groups -OCH3 is 1. The summed E-state index contributed by atoms with van der Waals surface area (Å²) in [5.74, 6) is -0.347. The van der Waals surface area contributed by atoms with Crippen LogP contribution in [0.2, 0.25) is 0 Å². The van der Waals surface area contributed by atoms with Crippen LogP contribution in [-0.2, 0) is 16.0 Å². The molecule has 84 valence electrons. The zero-order chi connectivity index (χ0) is 11.5.